The first-order valence-electron chi connectivity index (χ1n) is 8.32. The van der Waals surface area contributed by atoms with Gasteiger partial charge in [0.05, 0.1) is 5.41 Å². The van der Waals surface area contributed by atoms with E-state index in [1.807, 2.05) is 60.7 Å². The van der Waals surface area contributed by atoms with E-state index in [4.69, 9.17) is 9.84 Å². The van der Waals surface area contributed by atoms with Gasteiger partial charge in [-0.3, -0.25) is 9.59 Å². The van der Waals surface area contributed by atoms with Gasteiger partial charge >= 0.3 is 5.97 Å². The lowest BCUT2D eigenvalue weighted by Gasteiger charge is -2.19. The predicted molar refractivity (Wildman–Crippen MR) is 93.0 cm³/mol. The summed E-state index contributed by atoms with van der Waals surface area (Å²) in [7, 11) is 0. The second kappa shape index (κ2) is 7.49. The van der Waals surface area contributed by atoms with Crippen LogP contribution in [0.15, 0.2) is 60.7 Å². The molecule has 0 radical (unpaired) electrons. The Morgan fingerprint density at radius 1 is 1.00 bits per heavy atom. The van der Waals surface area contributed by atoms with Crippen molar-refractivity contribution >= 4 is 11.9 Å². The lowest BCUT2D eigenvalue weighted by Crippen LogP contribution is -2.36. The number of nitrogens with one attached hydrogen (secondary N) is 1. The van der Waals surface area contributed by atoms with Crippen LogP contribution in [0.5, 0.6) is 0 Å². The van der Waals surface area contributed by atoms with Gasteiger partial charge in [-0.2, -0.15) is 0 Å². The molecule has 5 heteroatoms. The first-order valence-corrected chi connectivity index (χ1v) is 8.32. The van der Waals surface area contributed by atoms with Gasteiger partial charge in [-0.05, 0) is 24.0 Å². The summed E-state index contributed by atoms with van der Waals surface area (Å²) in [5.74, 6) is -1.15. The number of carboxylic acid groups (broad SMARTS) is 1. The molecule has 3 rings (SSSR count). The van der Waals surface area contributed by atoms with Crippen LogP contribution in [-0.4, -0.2) is 30.1 Å². The number of rotatable bonds is 8. The van der Waals surface area contributed by atoms with Crippen molar-refractivity contribution in [2.75, 3.05) is 13.2 Å². The van der Waals surface area contributed by atoms with Gasteiger partial charge in [0, 0.05) is 6.54 Å². The Bertz CT molecular complexity index is 686. The fourth-order valence-corrected chi connectivity index (χ4v) is 2.74. The smallest absolute Gasteiger partial charge is 0.311 e. The zero-order chi connectivity index (χ0) is 17.7. The maximum Gasteiger partial charge on any atom is 0.311 e. The molecule has 5 nitrogen and oxygen atoms in total. The Balaban J connectivity index is 1.61. The van der Waals surface area contributed by atoms with Gasteiger partial charge in [0.15, 0.2) is 0 Å². The van der Waals surface area contributed by atoms with Crippen molar-refractivity contribution in [1.82, 2.24) is 5.32 Å². The van der Waals surface area contributed by atoms with Crippen LogP contribution < -0.4 is 5.32 Å². The molecule has 0 aliphatic heterocycles. The van der Waals surface area contributed by atoms with E-state index < -0.39 is 11.4 Å². The molecule has 2 N–H and O–H groups in total. The van der Waals surface area contributed by atoms with Crippen molar-refractivity contribution in [2.24, 2.45) is 5.41 Å². The van der Waals surface area contributed by atoms with Crippen LogP contribution in [0.4, 0.5) is 0 Å². The number of carbonyl (C=O) groups is 2. The van der Waals surface area contributed by atoms with Gasteiger partial charge < -0.3 is 15.2 Å². The fraction of sp³-hybridized carbons (Fsp3) is 0.300. The van der Waals surface area contributed by atoms with E-state index in [0.717, 1.165) is 11.1 Å². The summed E-state index contributed by atoms with van der Waals surface area (Å²) in [6.45, 7) is 0.0377. The Kier molecular flexibility index (Phi) is 5.14. The van der Waals surface area contributed by atoms with Gasteiger partial charge in [-0.25, -0.2) is 0 Å². The third-order valence-corrected chi connectivity index (χ3v) is 4.52. The van der Waals surface area contributed by atoms with E-state index in [1.165, 1.54) is 0 Å². The van der Waals surface area contributed by atoms with Gasteiger partial charge in [0.25, 0.3) is 0 Å². The third kappa shape index (κ3) is 4.25. The van der Waals surface area contributed by atoms with E-state index in [1.54, 1.807) is 0 Å². The normalized spacial score (nSPS) is 14.9. The molecular formula is C20H21NO4. The number of aliphatic carboxylic acids is 1. The van der Waals surface area contributed by atoms with Crippen molar-refractivity contribution in [3.8, 4) is 0 Å². The maximum atomic E-state index is 12.1. The average molecular weight is 339 g/mol. The molecule has 1 aliphatic carbocycles. The molecule has 0 aromatic heterocycles. The number of carbonyl (C=O) groups excluding carboxylic acids is 1. The molecule has 130 valence electrons. The number of amides is 1. The standard InChI is InChI=1S/C20H21NO4/c22-17(21-14-20(11-12-20)19(23)24)13-25-18(15-7-3-1-4-8-15)16-9-5-2-6-10-16/h1-10,18H,11-14H2,(H,21,22)(H,23,24). The third-order valence-electron chi connectivity index (χ3n) is 4.52. The second-order valence-corrected chi connectivity index (χ2v) is 6.37. The predicted octanol–water partition coefficient (Wildman–Crippen LogP) is 2.77. The van der Waals surface area contributed by atoms with E-state index in [0.29, 0.717) is 12.8 Å². The molecule has 1 fully saturated rings. The highest BCUT2D eigenvalue weighted by atomic mass is 16.5. The van der Waals surface area contributed by atoms with Crippen LogP contribution in [0.3, 0.4) is 0 Å². The molecule has 1 aliphatic rings. The number of benzene rings is 2. The van der Waals surface area contributed by atoms with Crippen LogP contribution in [-0.2, 0) is 14.3 Å². The van der Waals surface area contributed by atoms with Gasteiger partial charge in [-0.1, -0.05) is 60.7 Å². The Labute approximate surface area is 146 Å². The number of hydrogen-bond acceptors (Lipinski definition) is 3. The summed E-state index contributed by atoms with van der Waals surface area (Å²) in [6.07, 6.45) is 0.878. The van der Waals surface area contributed by atoms with Crippen molar-refractivity contribution < 1.29 is 19.4 Å². The molecule has 0 unspecified atom stereocenters. The van der Waals surface area contributed by atoms with Gasteiger partial charge in [0.2, 0.25) is 5.91 Å². The average Bonchev–Trinajstić information content (AvgIpc) is 3.43. The minimum absolute atomic E-state index is 0.121. The van der Waals surface area contributed by atoms with E-state index >= 15 is 0 Å². The summed E-state index contributed by atoms with van der Waals surface area (Å²) in [5, 5.41) is 11.8. The minimum Gasteiger partial charge on any atom is -0.481 e. The van der Waals surface area contributed by atoms with Crippen LogP contribution in [0.1, 0.15) is 30.1 Å². The fourth-order valence-electron chi connectivity index (χ4n) is 2.74. The molecule has 1 saturated carbocycles. The van der Waals surface area contributed by atoms with Crippen LogP contribution in [0.25, 0.3) is 0 Å². The summed E-state index contributed by atoms with van der Waals surface area (Å²) in [4.78, 5) is 23.2. The molecule has 0 saturated heterocycles. The van der Waals surface area contributed by atoms with Crippen LogP contribution in [0.2, 0.25) is 0 Å². The molecule has 1 amide bonds. The quantitative estimate of drug-likeness (QED) is 0.775. The Hall–Kier alpha value is -2.66. The van der Waals surface area contributed by atoms with Crippen molar-refractivity contribution in [3.63, 3.8) is 0 Å². The summed E-state index contributed by atoms with van der Waals surface area (Å²) in [5.41, 5.74) is 1.16. The number of carboxylic acids is 1. The molecule has 25 heavy (non-hydrogen) atoms. The van der Waals surface area contributed by atoms with E-state index in [2.05, 4.69) is 5.32 Å². The number of ether oxygens (including phenoxy) is 1. The molecule has 0 bridgehead atoms. The molecular weight excluding hydrogens is 318 g/mol. The topological polar surface area (TPSA) is 75.6 Å². The van der Waals surface area contributed by atoms with Gasteiger partial charge in [0.1, 0.15) is 12.7 Å². The lowest BCUT2D eigenvalue weighted by molar-refractivity contribution is -0.143. The summed E-state index contributed by atoms with van der Waals surface area (Å²) < 4.78 is 5.86. The van der Waals surface area contributed by atoms with E-state index in [9.17, 15) is 9.59 Å². The zero-order valence-electron chi connectivity index (χ0n) is 13.9. The molecule has 2 aromatic carbocycles. The highest BCUT2D eigenvalue weighted by Crippen LogP contribution is 2.45. The molecule has 2 aromatic rings. The lowest BCUT2D eigenvalue weighted by atomic mass is 10.0. The second-order valence-electron chi connectivity index (χ2n) is 6.37. The summed E-state index contributed by atoms with van der Waals surface area (Å²) in [6, 6.07) is 19.4. The molecule has 0 heterocycles. The van der Waals surface area contributed by atoms with Crippen molar-refractivity contribution in [3.05, 3.63) is 71.8 Å². The van der Waals surface area contributed by atoms with Gasteiger partial charge in [-0.15, -0.1) is 0 Å². The minimum atomic E-state index is -0.847. The Morgan fingerprint density at radius 3 is 1.96 bits per heavy atom. The highest BCUT2D eigenvalue weighted by molar-refractivity contribution is 5.81. The first kappa shape index (κ1) is 17.2. The molecule has 0 spiro atoms. The van der Waals surface area contributed by atoms with Crippen LogP contribution in [0, 0.1) is 5.41 Å². The largest absolute Gasteiger partial charge is 0.481 e. The van der Waals surface area contributed by atoms with Crippen LogP contribution >= 0.6 is 0 Å². The first-order chi connectivity index (χ1) is 12.1. The Morgan fingerprint density at radius 2 is 1.52 bits per heavy atom. The monoisotopic (exact) mass is 339 g/mol. The highest BCUT2D eigenvalue weighted by Gasteiger charge is 2.50. The van der Waals surface area contributed by atoms with Crippen molar-refractivity contribution in [2.45, 2.75) is 18.9 Å². The zero-order valence-corrected chi connectivity index (χ0v) is 13.9. The molecule has 0 atom stereocenters. The SMILES string of the molecule is O=C(COC(c1ccccc1)c1ccccc1)NCC1(C(=O)O)CC1. The van der Waals surface area contributed by atoms with Crippen molar-refractivity contribution in [1.29, 1.82) is 0 Å². The summed E-state index contributed by atoms with van der Waals surface area (Å²) >= 11 is 0. The number of hydrogen-bond donors (Lipinski definition) is 2. The van der Waals surface area contributed by atoms with E-state index in [-0.39, 0.29) is 25.2 Å². The maximum absolute atomic E-state index is 12.1.